The van der Waals surface area contributed by atoms with E-state index in [-0.39, 0.29) is 11.3 Å². The number of phenolic OH excluding ortho intramolecular Hbond substituents is 1. The van der Waals surface area contributed by atoms with Gasteiger partial charge in [0.15, 0.2) is 18.4 Å². The van der Waals surface area contributed by atoms with Crippen LogP contribution in [0.15, 0.2) is 24.3 Å². The van der Waals surface area contributed by atoms with Gasteiger partial charge in [-0.1, -0.05) is 0 Å². The van der Waals surface area contributed by atoms with Gasteiger partial charge in [-0.05, 0) is 24.3 Å². The summed E-state index contributed by atoms with van der Waals surface area (Å²) in [6.07, 6.45) is -9.65. The van der Waals surface area contributed by atoms with Crippen molar-refractivity contribution in [3.63, 3.8) is 0 Å². The molecule has 0 bridgehead atoms. The molecule has 24 heavy (non-hydrogen) atoms. The maximum absolute atomic E-state index is 12.0. The van der Waals surface area contributed by atoms with E-state index in [0.29, 0.717) is 0 Å². The molecule has 1 fully saturated rings. The van der Waals surface area contributed by atoms with Crippen molar-refractivity contribution in [1.29, 1.82) is 0 Å². The quantitative estimate of drug-likeness (QED) is 0.256. The molecule has 0 radical (unpaired) electrons. The van der Waals surface area contributed by atoms with Gasteiger partial charge in [0.05, 0.1) is 13.0 Å². The zero-order valence-corrected chi connectivity index (χ0v) is 12.6. The van der Waals surface area contributed by atoms with Gasteiger partial charge >= 0.3 is 0 Å². The van der Waals surface area contributed by atoms with Crippen molar-refractivity contribution in [1.82, 2.24) is 0 Å². The number of rotatable bonds is 6. The Balaban J connectivity index is 1.94. The van der Waals surface area contributed by atoms with Crippen molar-refractivity contribution in [2.45, 2.75) is 43.4 Å². The highest BCUT2D eigenvalue weighted by molar-refractivity contribution is 5.96. The van der Waals surface area contributed by atoms with Crippen LogP contribution in [-0.2, 0) is 9.47 Å². The molecule has 9 heteroatoms. The van der Waals surface area contributed by atoms with E-state index in [1.54, 1.807) is 0 Å². The second-order valence-electron chi connectivity index (χ2n) is 5.46. The molecule has 1 saturated heterocycles. The molecular formula is C15H20O9. The minimum atomic E-state index is -1.67. The van der Waals surface area contributed by atoms with Crippen molar-refractivity contribution < 1.29 is 44.9 Å². The van der Waals surface area contributed by atoms with Gasteiger partial charge < -0.3 is 40.1 Å². The summed E-state index contributed by atoms with van der Waals surface area (Å²) < 4.78 is 10.1. The van der Waals surface area contributed by atoms with Gasteiger partial charge in [0.1, 0.15) is 30.2 Å². The van der Waals surface area contributed by atoms with Crippen molar-refractivity contribution in [2.75, 3.05) is 6.61 Å². The van der Waals surface area contributed by atoms with E-state index >= 15 is 0 Å². The molecule has 1 heterocycles. The lowest BCUT2D eigenvalue weighted by Gasteiger charge is -2.40. The average molecular weight is 344 g/mol. The lowest BCUT2D eigenvalue weighted by Crippen LogP contribution is -2.59. The zero-order chi connectivity index (χ0) is 17.9. The number of Topliss-reactive ketones (excluding diaryl/α,β-unsaturated/α-hetero) is 1. The molecule has 6 atom stereocenters. The molecule has 9 nitrogen and oxygen atoms in total. The summed E-state index contributed by atoms with van der Waals surface area (Å²) in [5.74, 6) is -0.489. The number of aromatic hydroxyl groups is 1. The number of ketones is 1. The Morgan fingerprint density at radius 2 is 1.75 bits per heavy atom. The predicted octanol–water partition coefficient (Wildman–Crippen LogP) is -1.90. The first-order valence-corrected chi connectivity index (χ1v) is 7.29. The fourth-order valence-electron chi connectivity index (χ4n) is 2.31. The topological polar surface area (TPSA) is 157 Å². The number of phenols is 1. The van der Waals surface area contributed by atoms with Gasteiger partial charge in [0.2, 0.25) is 0 Å². The molecule has 0 spiro atoms. The Morgan fingerprint density at radius 1 is 1.12 bits per heavy atom. The van der Waals surface area contributed by atoms with E-state index < -0.39 is 55.8 Å². The summed E-state index contributed by atoms with van der Waals surface area (Å²) in [7, 11) is 0. The van der Waals surface area contributed by atoms with Crippen LogP contribution < -0.4 is 0 Å². The summed E-state index contributed by atoms with van der Waals surface area (Å²) in [5.41, 5.74) is 0.240. The van der Waals surface area contributed by atoms with Gasteiger partial charge in [-0.15, -0.1) is 0 Å². The smallest absolute Gasteiger partial charge is 0.189 e. The lowest BCUT2D eigenvalue weighted by molar-refractivity contribution is -0.330. The highest BCUT2D eigenvalue weighted by Crippen LogP contribution is 2.23. The van der Waals surface area contributed by atoms with Crippen LogP contribution in [0, 0.1) is 0 Å². The number of carbonyl (C=O) groups excluding carboxylic acids is 1. The van der Waals surface area contributed by atoms with E-state index in [9.17, 15) is 25.2 Å². The number of benzene rings is 1. The van der Waals surface area contributed by atoms with Crippen LogP contribution in [-0.4, -0.2) is 80.0 Å². The lowest BCUT2D eigenvalue weighted by atomic mass is 9.99. The zero-order valence-electron chi connectivity index (χ0n) is 12.6. The Bertz CT molecular complexity index is 544. The van der Waals surface area contributed by atoms with Crippen molar-refractivity contribution in [3.8, 4) is 5.75 Å². The second kappa shape index (κ2) is 7.99. The Morgan fingerprint density at radius 3 is 2.33 bits per heavy atom. The summed E-state index contributed by atoms with van der Waals surface area (Å²) in [6, 6.07) is 5.38. The molecule has 2 unspecified atom stereocenters. The number of carbonyl (C=O) groups is 1. The van der Waals surface area contributed by atoms with Crippen LogP contribution in [0.1, 0.15) is 16.8 Å². The third-order valence-electron chi connectivity index (χ3n) is 3.69. The maximum Gasteiger partial charge on any atom is 0.189 e. The summed E-state index contributed by atoms with van der Waals surface area (Å²) in [4.78, 5) is 12.0. The van der Waals surface area contributed by atoms with Crippen molar-refractivity contribution in [2.24, 2.45) is 0 Å². The molecular weight excluding hydrogens is 324 g/mol. The highest BCUT2D eigenvalue weighted by atomic mass is 16.7. The van der Waals surface area contributed by atoms with E-state index in [4.69, 9.17) is 19.7 Å². The fraction of sp³-hybridized carbons (Fsp3) is 0.533. The van der Waals surface area contributed by atoms with Gasteiger partial charge in [-0.2, -0.15) is 0 Å². The fourth-order valence-corrected chi connectivity index (χ4v) is 2.31. The number of aliphatic hydroxyl groups is 5. The maximum atomic E-state index is 12.0. The third-order valence-corrected chi connectivity index (χ3v) is 3.69. The third kappa shape index (κ3) is 4.28. The predicted molar refractivity (Wildman–Crippen MR) is 77.9 cm³/mol. The summed E-state index contributed by atoms with van der Waals surface area (Å²) >= 11 is 0. The molecule has 0 aromatic heterocycles. The number of aliphatic hydroxyl groups excluding tert-OH is 5. The van der Waals surface area contributed by atoms with Gasteiger partial charge in [-0.25, -0.2) is 0 Å². The van der Waals surface area contributed by atoms with Crippen LogP contribution in [0.2, 0.25) is 0 Å². The summed E-state index contributed by atoms with van der Waals surface area (Å²) in [5, 5.41) is 57.1. The van der Waals surface area contributed by atoms with Crippen LogP contribution in [0.5, 0.6) is 5.75 Å². The van der Waals surface area contributed by atoms with E-state index in [1.165, 1.54) is 24.3 Å². The van der Waals surface area contributed by atoms with Gasteiger partial charge in [-0.3, -0.25) is 4.79 Å². The Labute approximate surface area is 137 Å². The SMILES string of the molecule is O=C(CC(O)OC1O[C@H](CO)[C@@H](O)[C@H](O)[C@H]1O)c1ccc(O)cc1. The molecule has 1 aromatic rings. The van der Waals surface area contributed by atoms with E-state index in [0.717, 1.165) is 0 Å². The second-order valence-corrected chi connectivity index (χ2v) is 5.46. The standard InChI is InChI=1S/C15H20O9/c16-6-10-12(20)13(21)14(22)15(23-10)24-11(19)5-9(18)7-1-3-8(17)4-2-7/h1-4,10-17,19-22H,5-6H2/t10-,11?,12-,13+,14-,15?/m1/s1. The molecule has 1 aliphatic rings. The monoisotopic (exact) mass is 344 g/mol. The molecule has 2 rings (SSSR count). The van der Waals surface area contributed by atoms with Crippen LogP contribution >= 0.6 is 0 Å². The number of hydrogen-bond acceptors (Lipinski definition) is 9. The average Bonchev–Trinajstić information content (AvgIpc) is 2.55. The summed E-state index contributed by atoms with van der Waals surface area (Å²) in [6.45, 7) is -0.632. The van der Waals surface area contributed by atoms with E-state index in [2.05, 4.69) is 0 Å². The first-order valence-electron chi connectivity index (χ1n) is 7.29. The molecule has 0 saturated carbocycles. The Hall–Kier alpha value is -1.59. The molecule has 134 valence electrons. The van der Waals surface area contributed by atoms with Crippen LogP contribution in [0.4, 0.5) is 0 Å². The first kappa shape index (κ1) is 18.7. The highest BCUT2D eigenvalue weighted by Gasteiger charge is 2.44. The normalized spacial score (nSPS) is 31.6. The Kier molecular flexibility index (Phi) is 6.24. The minimum Gasteiger partial charge on any atom is -0.508 e. The van der Waals surface area contributed by atoms with Crippen molar-refractivity contribution >= 4 is 5.78 Å². The van der Waals surface area contributed by atoms with Crippen LogP contribution in [0.25, 0.3) is 0 Å². The minimum absolute atomic E-state index is 0.00957. The van der Waals surface area contributed by atoms with Gasteiger partial charge in [0, 0.05) is 5.56 Å². The van der Waals surface area contributed by atoms with Crippen LogP contribution in [0.3, 0.4) is 0 Å². The molecule has 6 N–H and O–H groups in total. The first-order chi connectivity index (χ1) is 11.3. The largest absolute Gasteiger partial charge is 0.508 e. The number of ether oxygens (including phenoxy) is 2. The van der Waals surface area contributed by atoms with Crippen molar-refractivity contribution in [3.05, 3.63) is 29.8 Å². The van der Waals surface area contributed by atoms with E-state index in [1.807, 2.05) is 0 Å². The molecule has 1 aliphatic heterocycles. The molecule has 0 amide bonds. The molecule has 0 aliphatic carbocycles. The van der Waals surface area contributed by atoms with Gasteiger partial charge in [0.25, 0.3) is 0 Å². The molecule has 1 aromatic carbocycles. The number of hydrogen-bond donors (Lipinski definition) is 6.